The summed E-state index contributed by atoms with van der Waals surface area (Å²) in [4.78, 5) is 12.0. The van der Waals surface area contributed by atoms with Gasteiger partial charge in [-0.25, -0.2) is 8.42 Å². The Kier molecular flexibility index (Phi) is 5.92. The third-order valence-electron chi connectivity index (χ3n) is 3.23. The maximum absolute atomic E-state index is 12.0. The maximum atomic E-state index is 12.0. The largest absolute Gasteiger partial charge is 0.326 e. The van der Waals surface area contributed by atoms with Gasteiger partial charge in [-0.1, -0.05) is 12.1 Å². The molecule has 0 atom stereocenters. The number of carbonyl (C=O) groups is 1. The van der Waals surface area contributed by atoms with Crippen LogP contribution in [0.4, 0.5) is 5.69 Å². The number of hydrogen-bond donors (Lipinski definition) is 1. The normalized spacial score (nSPS) is 12.0. The van der Waals surface area contributed by atoms with Crippen molar-refractivity contribution in [1.29, 1.82) is 0 Å². The molecule has 0 aliphatic rings. The van der Waals surface area contributed by atoms with Crippen LogP contribution in [0.1, 0.15) is 31.4 Å². The highest BCUT2D eigenvalue weighted by Gasteiger charge is 2.20. The van der Waals surface area contributed by atoms with Crippen molar-refractivity contribution in [3.8, 4) is 0 Å². The van der Waals surface area contributed by atoms with E-state index >= 15 is 0 Å². The predicted octanol–water partition coefficient (Wildman–Crippen LogP) is 2.30. The lowest BCUT2D eigenvalue weighted by atomic mass is 10.1. The van der Waals surface area contributed by atoms with E-state index in [0.717, 1.165) is 23.1 Å². The highest BCUT2D eigenvalue weighted by atomic mass is 32.2. The summed E-state index contributed by atoms with van der Waals surface area (Å²) < 4.78 is 24.6. The zero-order valence-corrected chi connectivity index (χ0v) is 14.1. The van der Waals surface area contributed by atoms with Gasteiger partial charge in [-0.2, -0.15) is 4.31 Å². The summed E-state index contributed by atoms with van der Waals surface area (Å²) in [7, 11) is -3.29. The second-order valence-corrected chi connectivity index (χ2v) is 7.52. The van der Waals surface area contributed by atoms with Gasteiger partial charge >= 0.3 is 0 Å². The molecule has 0 saturated heterocycles. The molecule has 6 heteroatoms. The number of hydrogen-bond acceptors (Lipinski definition) is 3. The average Bonchev–Trinajstić information content (AvgIpc) is 2.31. The summed E-state index contributed by atoms with van der Waals surface area (Å²) in [6.45, 7) is 7.66. The molecule has 0 bridgehead atoms. The molecule has 0 radical (unpaired) electrons. The van der Waals surface area contributed by atoms with E-state index in [-0.39, 0.29) is 24.9 Å². The molecule has 0 fully saturated rings. The number of nitrogens with one attached hydrogen (secondary N) is 1. The zero-order valence-electron chi connectivity index (χ0n) is 13.3. The SMILES string of the molecule is Cc1ccc(C)c(NC(=O)CCN(C(C)C)S(C)(=O)=O)c1. The molecule has 118 valence electrons. The van der Waals surface area contributed by atoms with Crippen LogP contribution in [0.15, 0.2) is 18.2 Å². The van der Waals surface area contributed by atoms with E-state index < -0.39 is 10.0 Å². The Morgan fingerprint density at radius 1 is 1.29 bits per heavy atom. The monoisotopic (exact) mass is 312 g/mol. The van der Waals surface area contributed by atoms with Crippen LogP contribution < -0.4 is 5.32 Å². The molecule has 21 heavy (non-hydrogen) atoms. The predicted molar refractivity (Wildman–Crippen MR) is 85.8 cm³/mol. The Labute approximate surface area is 127 Å². The molecule has 0 aliphatic heterocycles. The van der Waals surface area contributed by atoms with E-state index in [1.54, 1.807) is 13.8 Å². The van der Waals surface area contributed by atoms with Gasteiger partial charge in [0.25, 0.3) is 0 Å². The van der Waals surface area contributed by atoms with Crippen LogP contribution >= 0.6 is 0 Å². The highest BCUT2D eigenvalue weighted by Crippen LogP contribution is 2.16. The average molecular weight is 312 g/mol. The Bertz CT molecular complexity index is 609. The van der Waals surface area contributed by atoms with Gasteiger partial charge in [-0.3, -0.25) is 4.79 Å². The smallest absolute Gasteiger partial charge is 0.225 e. The fourth-order valence-corrected chi connectivity index (χ4v) is 3.29. The van der Waals surface area contributed by atoms with Gasteiger partial charge < -0.3 is 5.32 Å². The van der Waals surface area contributed by atoms with Crippen LogP contribution in [0.2, 0.25) is 0 Å². The number of carbonyl (C=O) groups excluding carboxylic acids is 1. The first-order chi connectivity index (χ1) is 9.61. The van der Waals surface area contributed by atoms with E-state index in [0.29, 0.717) is 0 Å². The molecule has 5 nitrogen and oxygen atoms in total. The molecule has 0 unspecified atom stereocenters. The van der Waals surface area contributed by atoms with Gasteiger partial charge in [-0.05, 0) is 44.9 Å². The molecule has 1 amide bonds. The van der Waals surface area contributed by atoms with Crippen LogP contribution in [0, 0.1) is 13.8 Å². The second-order valence-electron chi connectivity index (χ2n) is 5.58. The Hall–Kier alpha value is -1.40. The van der Waals surface area contributed by atoms with E-state index in [9.17, 15) is 13.2 Å². The molecular weight excluding hydrogens is 288 g/mol. The van der Waals surface area contributed by atoms with Crippen molar-refractivity contribution in [2.75, 3.05) is 18.1 Å². The summed E-state index contributed by atoms with van der Waals surface area (Å²) in [5, 5.41) is 2.84. The lowest BCUT2D eigenvalue weighted by Gasteiger charge is -2.23. The molecule has 1 rings (SSSR count). The molecule has 1 N–H and O–H groups in total. The number of sulfonamides is 1. The molecular formula is C15H24N2O3S. The first-order valence-corrected chi connectivity index (χ1v) is 8.80. The van der Waals surface area contributed by atoms with Gasteiger partial charge in [0.15, 0.2) is 0 Å². The highest BCUT2D eigenvalue weighted by molar-refractivity contribution is 7.88. The third-order valence-corrected chi connectivity index (χ3v) is 4.68. The van der Waals surface area contributed by atoms with Crippen molar-refractivity contribution in [1.82, 2.24) is 4.31 Å². The van der Waals surface area contributed by atoms with Crippen molar-refractivity contribution in [3.63, 3.8) is 0 Å². The molecule has 0 saturated carbocycles. The van der Waals surface area contributed by atoms with Crippen LogP contribution in [-0.2, 0) is 14.8 Å². The van der Waals surface area contributed by atoms with E-state index in [2.05, 4.69) is 5.32 Å². The molecule has 0 aromatic heterocycles. The van der Waals surface area contributed by atoms with Gasteiger partial charge in [0.1, 0.15) is 0 Å². The van der Waals surface area contributed by atoms with E-state index in [4.69, 9.17) is 0 Å². The third kappa shape index (κ3) is 5.47. The van der Waals surface area contributed by atoms with Gasteiger partial charge in [0.2, 0.25) is 15.9 Å². The van der Waals surface area contributed by atoms with Gasteiger partial charge in [0.05, 0.1) is 6.26 Å². The minimum absolute atomic E-state index is 0.138. The first-order valence-electron chi connectivity index (χ1n) is 6.95. The maximum Gasteiger partial charge on any atom is 0.225 e. The standard InChI is InChI=1S/C15H24N2O3S/c1-11(2)17(21(5,19)20)9-8-15(18)16-14-10-12(3)6-7-13(14)4/h6-7,10-11H,8-9H2,1-5H3,(H,16,18). The van der Waals surface area contributed by atoms with E-state index in [1.165, 1.54) is 4.31 Å². The summed E-state index contributed by atoms with van der Waals surface area (Å²) in [6.07, 6.45) is 1.30. The number of nitrogens with zero attached hydrogens (tertiary/aromatic N) is 1. The van der Waals surface area contributed by atoms with Crippen LogP contribution in [0.5, 0.6) is 0 Å². The molecule has 0 aliphatic carbocycles. The van der Waals surface area contributed by atoms with Crippen LogP contribution in [0.25, 0.3) is 0 Å². The molecule has 1 aromatic rings. The summed E-state index contributed by atoms with van der Waals surface area (Å²) in [5.41, 5.74) is 2.82. The number of rotatable bonds is 6. The zero-order chi connectivity index (χ0) is 16.2. The lowest BCUT2D eigenvalue weighted by molar-refractivity contribution is -0.116. The fraction of sp³-hybridized carbons (Fsp3) is 0.533. The van der Waals surface area contributed by atoms with Crippen molar-refractivity contribution in [3.05, 3.63) is 29.3 Å². The molecule has 0 heterocycles. The number of aryl methyl sites for hydroxylation is 2. The minimum atomic E-state index is -3.29. The van der Waals surface area contributed by atoms with Crippen molar-refractivity contribution >= 4 is 21.6 Å². The summed E-state index contributed by atoms with van der Waals surface area (Å²) in [6, 6.07) is 5.68. The van der Waals surface area contributed by atoms with Crippen molar-refractivity contribution in [2.45, 2.75) is 40.2 Å². The lowest BCUT2D eigenvalue weighted by Crippen LogP contribution is -2.38. The minimum Gasteiger partial charge on any atom is -0.326 e. The van der Waals surface area contributed by atoms with Crippen molar-refractivity contribution < 1.29 is 13.2 Å². The Morgan fingerprint density at radius 2 is 1.90 bits per heavy atom. The summed E-state index contributed by atoms with van der Waals surface area (Å²) in [5.74, 6) is -0.182. The number of amides is 1. The fourth-order valence-electron chi connectivity index (χ4n) is 2.10. The van der Waals surface area contributed by atoms with Crippen molar-refractivity contribution in [2.24, 2.45) is 0 Å². The topological polar surface area (TPSA) is 66.5 Å². The number of benzene rings is 1. The van der Waals surface area contributed by atoms with Gasteiger partial charge in [0, 0.05) is 24.7 Å². The van der Waals surface area contributed by atoms with Crippen LogP contribution in [-0.4, -0.2) is 37.5 Å². The molecule has 1 aromatic carbocycles. The van der Waals surface area contributed by atoms with E-state index in [1.807, 2.05) is 32.0 Å². The number of anilines is 1. The quantitative estimate of drug-likeness (QED) is 0.876. The first kappa shape index (κ1) is 17.7. The Morgan fingerprint density at radius 3 is 2.43 bits per heavy atom. The van der Waals surface area contributed by atoms with Crippen LogP contribution in [0.3, 0.4) is 0 Å². The van der Waals surface area contributed by atoms with Gasteiger partial charge in [-0.15, -0.1) is 0 Å². The summed E-state index contributed by atoms with van der Waals surface area (Å²) >= 11 is 0. The second kappa shape index (κ2) is 7.04. The Balaban J connectivity index is 2.68. The molecule has 0 spiro atoms.